The van der Waals surface area contributed by atoms with Gasteiger partial charge in [-0.3, -0.25) is 4.90 Å². The molecule has 23 heavy (non-hydrogen) atoms. The highest BCUT2D eigenvalue weighted by molar-refractivity contribution is 5.54. The summed E-state index contributed by atoms with van der Waals surface area (Å²) in [4.78, 5) is 2.59. The van der Waals surface area contributed by atoms with Gasteiger partial charge in [-0.25, -0.2) is 0 Å². The summed E-state index contributed by atoms with van der Waals surface area (Å²) in [7, 11) is 0. The third-order valence-corrected chi connectivity index (χ3v) is 5.64. The first-order valence-electron chi connectivity index (χ1n) is 9.12. The number of fused-ring (bicyclic) bond motifs is 1. The maximum atomic E-state index is 5.83. The van der Waals surface area contributed by atoms with Crippen LogP contribution in [0.5, 0.6) is 0 Å². The van der Waals surface area contributed by atoms with Gasteiger partial charge in [0.15, 0.2) is 5.79 Å². The number of likely N-dealkylation sites (tertiary alicyclic amines) is 1. The van der Waals surface area contributed by atoms with E-state index >= 15 is 0 Å². The van der Waals surface area contributed by atoms with Gasteiger partial charge in [0.05, 0.1) is 13.2 Å². The maximum Gasteiger partial charge on any atom is 0.170 e. The summed E-state index contributed by atoms with van der Waals surface area (Å²) < 4.78 is 11.7. The van der Waals surface area contributed by atoms with Gasteiger partial charge in [0.1, 0.15) is 0 Å². The Morgan fingerprint density at radius 1 is 1.22 bits per heavy atom. The van der Waals surface area contributed by atoms with Gasteiger partial charge in [-0.2, -0.15) is 0 Å². The molecule has 0 amide bonds. The molecule has 1 unspecified atom stereocenters. The summed E-state index contributed by atoms with van der Waals surface area (Å²) in [5.74, 6) is -0.256. The van der Waals surface area contributed by atoms with Crippen LogP contribution in [0.1, 0.15) is 37.3 Å². The Balaban J connectivity index is 1.36. The molecule has 3 heterocycles. The van der Waals surface area contributed by atoms with Crippen LogP contribution < -0.4 is 5.32 Å². The summed E-state index contributed by atoms with van der Waals surface area (Å²) in [6, 6.07) is 7.54. The normalized spacial score (nSPS) is 25.1. The van der Waals surface area contributed by atoms with Gasteiger partial charge in [0, 0.05) is 44.2 Å². The van der Waals surface area contributed by atoms with Crippen molar-refractivity contribution in [2.75, 3.05) is 38.2 Å². The maximum absolute atomic E-state index is 5.83. The lowest BCUT2D eigenvalue weighted by atomic mass is 9.96. The van der Waals surface area contributed by atoms with E-state index in [4.69, 9.17) is 9.47 Å². The third-order valence-electron chi connectivity index (χ3n) is 5.64. The van der Waals surface area contributed by atoms with Crippen LogP contribution in [0.25, 0.3) is 0 Å². The fraction of sp³-hybridized carbons (Fsp3) is 0.684. The van der Waals surface area contributed by atoms with Crippen molar-refractivity contribution in [3.63, 3.8) is 0 Å². The highest BCUT2D eigenvalue weighted by Gasteiger charge is 2.40. The predicted octanol–water partition coefficient (Wildman–Crippen LogP) is 2.81. The number of hydrogen-bond donors (Lipinski definition) is 1. The summed E-state index contributed by atoms with van der Waals surface area (Å²) in [5, 5.41) is 3.50. The standard InChI is InChI=1S/C19H28N2O2/c1-15(21-9-6-19(7-10-21)22-11-12-23-19)13-16-4-5-18-17(14-16)3-2-8-20-18/h4-5,14-15,20H,2-3,6-13H2,1H3. The topological polar surface area (TPSA) is 33.7 Å². The van der Waals surface area contributed by atoms with E-state index < -0.39 is 0 Å². The quantitative estimate of drug-likeness (QED) is 0.930. The molecule has 3 aliphatic rings. The summed E-state index contributed by atoms with van der Waals surface area (Å²) >= 11 is 0. The predicted molar refractivity (Wildman–Crippen MR) is 91.9 cm³/mol. The van der Waals surface area contributed by atoms with E-state index in [1.807, 2.05) is 0 Å². The number of rotatable bonds is 3. The van der Waals surface area contributed by atoms with E-state index in [-0.39, 0.29) is 5.79 Å². The SMILES string of the molecule is CC(Cc1ccc2c(c1)CCCN2)N1CCC2(CC1)OCCO2. The molecule has 0 aliphatic carbocycles. The first kappa shape index (κ1) is 15.4. The molecule has 0 aromatic heterocycles. The van der Waals surface area contributed by atoms with E-state index in [1.165, 1.54) is 29.7 Å². The second-order valence-electron chi connectivity index (χ2n) is 7.22. The van der Waals surface area contributed by atoms with Crippen LogP contribution in [0.2, 0.25) is 0 Å². The van der Waals surface area contributed by atoms with E-state index in [1.54, 1.807) is 0 Å². The molecule has 4 rings (SSSR count). The monoisotopic (exact) mass is 316 g/mol. The van der Waals surface area contributed by atoms with Crippen molar-refractivity contribution >= 4 is 5.69 Å². The summed E-state index contributed by atoms with van der Waals surface area (Å²) in [5.41, 5.74) is 4.29. The number of benzene rings is 1. The molecule has 1 N–H and O–H groups in total. The number of nitrogens with one attached hydrogen (secondary N) is 1. The molecule has 4 heteroatoms. The number of piperidine rings is 1. The van der Waals surface area contributed by atoms with Crippen LogP contribution >= 0.6 is 0 Å². The molecule has 1 aromatic rings. The van der Waals surface area contributed by atoms with E-state index in [0.717, 1.165) is 52.1 Å². The van der Waals surface area contributed by atoms with Gasteiger partial charge >= 0.3 is 0 Å². The van der Waals surface area contributed by atoms with Gasteiger partial charge in [-0.15, -0.1) is 0 Å². The number of ether oxygens (including phenoxy) is 2. The Hall–Kier alpha value is -1.10. The number of aryl methyl sites for hydroxylation is 1. The smallest absolute Gasteiger partial charge is 0.170 e. The van der Waals surface area contributed by atoms with E-state index in [0.29, 0.717) is 6.04 Å². The molecule has 0 saturated carbocycles. The Morgan fingerprint density at radius 2 is 2.00 bits per heavy atom. The van der Waals surface area contributed by atoms with Crippen molar-refractivity contribution in [1.82, 2.24) is 4.90 Å². The lowest BCUT2D eigenvalue weighted by molar-refractivity contribution is -0.187. The summed E-state index contributed by atoms with van der Waals surface area (Å²) in [6.07, 6.45) is 5.60. The van der Waals surface area contributed by atoms with Crippen LogP contribution in [0.15, 0.2) is 18.2 Å². The molecule has 3 aliphatic heterocycles. The lowest BCUT2D eigenvalue weighted by Gasteiger charge is -2.40. The van der Waals surface area contributed by atoms with Crippen molar-refractivity contribution in [2.45, 2.75) is 50.9 Å². The second kappa shape index (κ2) is 6.42. The van der Waals surface area contributed by atoms with Crippen molar-refractivity contribution in [3.05, 3.63) is 29.3 Å². The van der Waals surface area contributed by atoms with Gasteiger partial charge in [0.2, 0.25) is 0 Å². The largest absolute Gasteiger partial charge is 0.385 e. The molecule has 0 radical (unpaired) electrons. The third kappa shape index (κ3) is 3.25. The first-order chi connectivity index (χ1) is 11.2. The Labute approximate surface area is 139 Å². The number of nitrogens with zero attached hydrogens (tertiary/aromatic N) is 1. The molecule has 126 valence electrons. The minimum Gasteiger partial charge on any atom is -0.385 e. The zero-order valence-electron chi connectivity index (χ0n) is 14.1. The molecule has 1 atom stereocenters. The van der Waals surface area contributed by atoms with Crippen LogP contribution in [0.3, 0.4) is 0 Å². The van der Waals surface area contributed by atoms with Crippen molar-refractivity contribution in [3.8, 4) is 0 Å². The molecule has 1 aromatic carbocycles. The van der Waals surface area contributed by atoms with E-state index in [9.17, 15) is 0 Å². The first-order valence-corrected chi connectivity index (χ1v) is 9.12. The minimum atomic E-state index is -0.256. The van der Waals surface area contributed by atoms with Crippen LogP contribution in [-0.2, 0) is 22.3 Å². The Bertz CT molecular complexity index is 544. The zero-order chi connectivity index (χ0) is 15.7. The average molecular weight is 316 g/mol. The van der Waals surface area contributed by atoms with Crippen molar-refractivity contribution in [2.24, 2.45) is 0 Å². The highest BCUT2D eigenvalue weighted by atomic mass is 16.7. The van der Waals surface area contributed by atoms with Gasteiger partial charge in [-0.1, -0.05) is 12.1 Å². The van der Waals surface area contributed by atoms with Crippen LogP contribution in [-0.4, -0.2) is 49.6 Å². The molecule has 2 fully saturated rings. The van der Waals surface area contributed by atoms with Gasteiger partial charge in [-0.05, 0) is 43.4 Å². The highest BCUT2D eigenvalue weighted by Crippen LogP contribution is 2.32. The molecular formula is C19H28N2O2. The van der Waals surface area contributed by atoms with E-state index in [2.05, 4.69) is 35.3 Å². The van der Waals surface area contributed by atoms with Crippen molar-refractivity contribution < 1.29 is 9.47 Å². The average Bonchev–Trinajstić information content (AvgIpc) is 3.03. The minimum absolute atomic E-state index is 0.256. The number of hydrogen-bond acceptors (Lipinski definition) is 4. The van der Waals surface area contributed by atoms with Gasteiger partial charge < -0.3 is 14.8 Å². The fourth-order valence-corrected chi connectivity index (χ4v) is 4.22. The summed E-state index contributed by atoms with van der Waals surface area (Å²) in [6.45, 7) is 7.15. The fourth-order valence-electron chi connectivity index (χ4n) is 4.22. The lowest BCUT2D eigenvalue weighted by Crippen LogP contribution is -2.48. The van der Waals surface area contributed by atoms with Crippen LogP contribution in [0, 0.1) is 0 Å². The van der Waals surface area contributed by atoms with Crippen LogP contribution in [0.4, 0.5) is 5.69 Å². The Morgan fingerprint density at radius 3 is 2.78 bits per heavy atom. The molecule has 1 spiro atoms. The molecule has 0 bridgehead atoms. The Kier molecular flexibility index (Phi) is 4.31. The molecule has 2 saturated heterocycles. The molecular weight excluding hydrogens is 288 g/mol. The zero-order valence-corrected chi connectivity index (χ0v) is 14.1. The van der Waals surface area contributed by atoms with Gasteiger partial charge in [0.25, 0.3) is 0 Å². The number of anilines is 1. The molecule has 4 nitrogen and oxygen atoms in total. The van der Waals surface area contributed by atoms with Crippen molar-refractivity contribution in [1.29, 1.82) is 0 Å². The second-order valence-corrected chi connectivity index (χ2v) is 7.22.